The molecule has 3 atom stereocenters. The molecule has 3 N–H and O–H groups in total. The second-order valence-corrected chi connectivity index (χ2v) is 8.46. The van der Waals surface area contributed by atoms with Crippen LogP contribution in [0.3, 0.4) is 0 Å². The lowest BCUT2D eigenvalue weighted by atomic mass is 9.49. The molecule has 24 heavy (non-hydrogen) atoms. The monoisotopic (exact) mass is 327 g/mol. The first-order valence-electron chi connectivity index (χ1n) is 9.34. The predicted octanol–water partition coefficient (Wildman–Crippen LogP) is 1.98. The summed E-state index contributed by atoms with van der Waals surface area (Å²) >= 11 is 0. The number of aliphatic hydroxyl groups is 1. The van der Waals surface area contributed by atoms with Crippen LogP contribution in [0, 0.1) is 5.92 Å². The Morgan fingerprint density at radius 3 is 2.88 bits per heavy atom. The van der Waals surface area contributed by atoms with Crippen LogP contribution in [0.15, 0.2) is 12.1 Å². The highest BCUT2D eigenvalue weighted by atomic mass is 16.3. The van der Waals surface area contributed by atoms with Crippen molar-refractivity contribution in [1.29, 1.82) is 0 Å². The van der Waals surface area contributed by atoms with E-state index in [1.54, 1.807) is 0 Å². The summed E-state index contributed by atoms with van der Waals surface area (Å²) in [6.45, 7) is 0.827. The van der Waals surface area contributed by atoms with E-state index in [-0.39, 0.29) is 17.6 Å². The topological polar surface area (TPSA) is 69.6 Å². The molecule has 0 amide bonds. The van der Waals surface area contributed by atoms with Gasteiger partial charge in [-0.15, -0.1) is 0 Å². The number of rotatable bonds is 2. The van der Waals surface area contributed by atoms with Crippen molar-refractivity contribution in [3.05, 3.63) is 28.8 Å². The average Bonchev–Trinajstić information content (AvgIpc) is 3.33. The van der Waals surface area contributed by atoms with Gasteiger partial charge in [-0.2, -0.15) is 0 Å². The number of carbonyl (C=O) groups is 1. The Bertz CT molecular complexity index is 726. The van der Waals surface area contributed by atoms with Crippen LogP contribution in [0.2, 0.25) is 0 Å². The van der Waals surface area contributed by atoms with Crippen LogP contribution >= 0.6 is 0 Å². The summed E-state index contributed by atoms with van der Waals surface area (Å²) in [5.41, 5.74) is 2.21. The molecule has 1 saturated heterocycles. The van der Waals surface area contributed by atoms with Gasteiger partial charge in [-0.25, -0.2) is 0 Å². The van der Waals surface area contributed by atoms with E-state index in [2.05, 4.69) is 5.32 Å². The number of aromatic hydroxyl groups is 1. The number of phenols is 1. The van der Waals surface area contributed by atoms with Crippen molar-refractivity contribution in [1.82, 2.24) is 5.32 Å². The van der Waals surface area contributed by atoms with Crippen molar-refractivity contribution in [3.63, 3.8) is 0 Å². The Morgan fingerprint density at radius 1 is 1.25 bits per heavy atom. The van der Waals surface area contributed by atoms with Crippen LogP contribution in [0.1, 0.15) is 55.2 Å². The van der Waals surface area contributed by atoms with Crippen LogP contribution in [0.4, 0.5) is 0 Å². The number of hydrogen-bond donors (Lipinski definition) is 3. The summed E-state index contributed by atoms with van der Waals surface area (Å²) in [5, 5.41) is 25.5. The van der Waals surface area contributed by atoms with Gasteiger partial charge in [0, 0.05) is 24.3 Å². The van der Waals surface area contributed by atoms with Gasteiger partial charge in [0.2, 0.25) is 0 Å². The third-order valence-corrected chi connectivity index (χ3v) is 7.09. The number of Topliss-reactive ketones (excluding diaryl/α,β-unsaturated/α-hetero) is 1. The number of phenolic OH excluding ortho intramolecular Hbond substituents is 1. The van der Waals surface area contributed by atoms with Crippen molar-refractivity contribution in [2.24, 2.45) is 5.92 Å². The fraction of sp³-hybridized carbons (Fsp3) is 0.650. The number of piperidine rings is 1. The molecular weight excluding hydrogens is 302 g/mol. The number of carbonyl (C=O) groups excluding carboxylic acids is 1. The highest BCUT2D eigenvalue weighted by Crippen LogP contribution is 2.56. The number of nitrogens with one attached hydrogen (secondary N) is 1. The maximum Gasteiger partial charge on any atom is 0.134 e. The Balaban J connectivity index is 1.72. The van der Waals surface area contributed by atoms with Crippen LogP contribution in [0.25, 0.3) is 0 Å². The lowest BCUT2D eigenvalue weighted by molar-refractivity contribution is -0.149. The van der Waals surface area contributed by atoms with Gasteiger partial charge in [0.25, 0.3) is 0 Å². The van der Waals surface area contributed by atoms with Crippen molar-refractivity contribution >= 4 is 5.78 Å². The number of benzene rings is 1. The first-order valence-corrected chi connectivity index (χ1v) is 9.34. The molecule has 1 aromatic rings. The summed E-state index contributed by atoms with van der Waals surface area (Å²) in [6, 6.07) is 3.78. The summed E-state index contributed by atoms with van der Waals surface area (Å²) in [6.07, 6.45) is 6.58. The molecule has 128 valence electrons. The number of ketones is 1. The van der Waals surface area contributed by atoms with Gasteiger partial charge >= 0.3 is 0 Å². The van der Waals surface area contributed by atoms with Crippen LogP contribution in [-0.4, -0.2) is 34.2 Å². The van der Waals surface area contributed by atoms with Crippen molar-refractivity contribution < 1.29 is 15.0 Å². The summed E-state index contributed by atoms with van der Waals surface area (Å²) < 4.78 is 0. The van der Waals surface area contributed by atoms with Crippen LogP contribution in [-0.2, 0) is 23.1 Å². The molecule has 3 fully saturated rings. The standard InChI is InChI=1S/C20H25NO3/c22-14-3-4-20(24)18-10-16-13(7-12-1-2-12)8-15(23)9-17(16)19(20,11-14)5-6-21-18/h8-9,12,18,21,23-24H,1-7,10-11H2. The van der Waals surface area contributed by atoms with Gasteiger partial charge in [-0.3, -0.25) is 4.79 Å². The molecule has 1 aliphatic heterocycles. The zero-order valence-electron chi connectivity index (χ0n) is 14.0. The maximum atomic E-state index is 12.3. The van der Waals surface area contributed by atoms with E-state index in [0.717, 1.165) is 37.3 Å². The second kappa shape index (κ2) is 4.83. The molecule has 4 nitrogen and oxygen atoms in total. The van der Waals surface area contributed by atoms with Gasteiger partial charge in [-0.05, 0) is 79.8 Å². The molecular formula is C20H25NO3. The van der Waals surface area contributed by atoms with Gasteiger partial charge in [0.05, 0.1) is 5.60 Å². The van der Waals surface area contributed by atoms with Crippen molar-refractivity contribution in [2.75, 3.05) is 6.54 Å². The summed E-state index contributed by atoms with van der Waals surface area (Å²) in [4.78, 5) is 12.3. The molecule has 3 unspecified atom stereocenters. The third kappa shape index (κ3) is 1.90. The van der Waals surface area contributed by atoms with Gasteiger partial charge in [0.15, 0.2) is 0 Å². The molecule has 4 aliphatic rings. The van der Waals surface area contributed by atoms with E-state index in [1.807, 2.05) is 12.1 Å². The normalized spacial score (nSPS) is 37.7. The van der Waals surface area contributed by atoms with Crippen LogP contribution in [0.5, 0.6) is 5.75 Å². The van der Waals surface area contributed by atoms with Crippen LogP contribution < -0.4 is 5.32 Å². The van der Waals surface area contributed by atoms with E-state index in [9.17, 15) is 15.0 Å². The third-order valence-electron chi connectivity index (χ3n) is 7.09. The van der Waals surface area contributed by atoms with E-state index in [4.69, 9.17) is 0 Å². The zero-order chi connectivity index (χ0) is 16.5. The molecule has 5 rings (SSSR count). The minimum atomic E-state index is -0.864. The highest BCUT2D eigenvalue weighted by molar-refractivity contribution is 5.82. The number of hydrogen-bond acceptors (Lipinski definition) is 4. The molecule has 1 aromatic carbocycles. The number of fused-ring (bicyclic) bond motifs is 1. The Labute approximate surface area is 142 Å². The molecule has 3 aliphatic carbocycles. The van der Waals surface area contributed by atoms with E-state index >= 15 is 0 Å². The second-order valence-electron chi connectivity index (χ2n) is 8.46. The zero-order valence-corrected chi connectivity index (χ0v) is 14.0. The Kier molecular flexibility index (Phi) is 3.00. The molecule has 4 heteroatoms. The molecule has 0 spiro atoms. The minimum absolute atomic E-state index is 0.0225. The smallest absolute Gasteiger partial charge is 0.134 e. The van der Waals surface area contributed by atoms with Crippen molar-refractivity contribution in [3.8, 4) is 5.75 Å². The largest absolute Gasteiger partial charge is 0.508 e. The molecule has 2 saturated carbocycles. The quantitative estimate of drug-likeness (QED) is 0.777. The van der Waals surface area contributed by atoms with Crippen molar-refractivity contribution in [2.45, 2.75) is 68.4 Å². The first kappa shape index (κ1) is 14.9. The fourth-order valence-corrected chi connectivity index (χ4v) is 5.70. The highest BCUT2D eigenvalue weighted by Gasteiger charge is 2.63. The van der Waals surface area contributed by atoms with E-state index in [1.165, 1.54) is 24.0 Å². The Hall–Kier alpha value is -1.39. The average molecular weight is 327 g/mol. The van der Waals surface area contributed by atoms with Gasteiger partial charge in [-0.1, -0.05) is 0 Å². The SMILES string of the molecule is O=C1CCC2(O)C3Cc4c(CC5CC5)cc(O)cc4C2(CCN3)C1. The van der Waals surface area contributed by atoms with Gasteiger partial charge in [0.1, 0.15) is 11.5 Å². The molecule has 0 aromatic heterocycles. The molecule has 0 radical (unpaired) electrons. The van der Waals surface area contributed by atoms with E-state index in [0.29, 0.717) is 19.3 Å². The van der Waals surface area contributed by atoms with E-state index < -0.39 is 11.0 Å². The lowest BCUT2D eigenvalue weighted by Crippen LogP contribution is -2.72. The summed E-state index contributed by atoms with van der Waals surface area (Å²) in [5.74, 6) is 1.28. The summed E-state index contributed by atoms with van der Waals surface area (Å²) in [7, 11) is 0. The predicted molar refractivity (Wildman–Crippen MR) is 90.1 cm³/mol. The minimum Gasteiger partial charge on any atom is -0.508 e. The first-order chi connectivity index (χ1) is 11.5. The maximum absolute atomic E-state index is 12.3. The molecule has 1 heterocycles. The molecule has 2 bridgehead atoms. The fourth-order valence-electron chi connectivity index (χ4n) is 5.70. The lowest BCUT2D eigenvalue weighted by Gasteiger charge is -2.60. The van der Waals surface area contributed by atoms with Gasteiger partial charge < -0.3 is 15.5 Å². The Morgan fingerprint density at radius 2 is 2.08 bits per heavy atom.